The van der Waals surface area contributed by atoms with Gasteiger partial charge in [-0.2, -0.15) is 13.2 Å². The fourth-order valence-corrected chi connectivity index (χ4v) is 1.09. The van der Waals surface area contributed by atoms with Crippen molar-refractivity contribution in [3.8, 4) is 5.75 Å². The Kier molecular flexibility index (Phi) is 2.51. The zero-order valence-corrected chi connectivity index (χ0v) is 7.22. The maximum Gasteiger partial charge on any atom is 0.455 e. The zero-order valence-electron chi connectivity index (χ0n) is 7.22. The number of phenols is 1. The summed E-state index contributed by atoms with van der Waals surface area (Å²) in [5.41, 5.74) is -0.577. The molecule has 14 heavy (non-hydrogen) atoms. The Morgan fingerprint density at radius 2 is 1.93 bits per heavy atom. The van der Waals surface area contributed by atoms with Crippen molar-refractivity contribution in [2.75, 3.05) is 0 Å². The van der Waals surface area contributed by atoms with E-state index in [0.717, 1.165) is 6.07 Å². The summed E-state index contributed by atoms with van der Waals surface area (Å²) in [6.07, 6.45) is -4.95. The fourth-order valence-electron chi connectivity index (χ4n) is 1.09. The van der Waals surface area contributed by atoms with Gasteiger partial charge >= 0.3 is 6.18 Å². The lowest BCUT2D eigenvalue weighted by Gasteiger charge is -2.09. The second kappa shape index (κ2) is 3.32. The van der Waals surface area contributed by atoms with Crippen molar-refractivity contribution in [3.63, 3.8) is 0 Å². The van der Waals surface area contributed by atoms with Crippen LogP contribution in [0, 0.1) is 6.92 Å². The van der Waals surface area contributed by atoms with Crippen LogP contribution in [0.15, 0.2) is 18.2 Å². The third kappa shape index (κ3) is 1.86. The highest BCUT2D eigenvalue weighted by Crippen LogP contribution is 2.28. The molecule has 0 spiro atoms. The number of phenolic OH excluding ortho intramolecular Hbond substituents is 1. The van der Waals surface area contributed by atoms with Gasteiger partial charge in [0.2, 0.25) is 0 Å². The number of halogens is 3. The quantitative estimate of drug-likeness (QED) is 0.713. The van der Waals surface area contributed by atoms with Gasteiger partial charge in [0.05, 0.1) is 5.56 Å². The molecule has 0 saturated carbocycles. The average molecular weight is 204 g/mol. The minimum atomic E-state index is -4.95. The lowest BCUT2D eigenvalue weighted by molar-refractivity contribution is -0.0887. The Labute approximate surface area is 78.0 Å². The first-order valence-corrected chi connectivity index (χ1v) is 3.74. The molecule has 0 aromatic heterocycles. The maximum absolute atomic E-state index is 12.0. The number of rotatable bonds is 1. The summed E-state index contributed by atoms with van der Waals surface area (Å²) in [5.74, 6) is -2.67. The van der Waals surface area contributed by atoms with E-state index >= 15 is 0 Å². The topological polar surface area (TPSA) is 37.3 Å². The molecule has 0 aliphatic heterocycles. The van der Waals surface area contributed by atoms with Crippen molar-refractivity contribution in [3.05, 3.63) is 29.3 Å². The van der Waals surface area contributed by atoms with E-state index in [0.29, 0.717) is 0 Å². The molecule has 0 fully saturated rings. The van der Waals surface area contributed by atoms with Crippen LogP contribution in [0.4, 0.5) is 13.2 Å². The van der Waals surface area contributed by atoms with Crippen molar-refractivity contribution in [2.45, 2.75) is 13.1 Å². The number of alkyl halides is 3. The van der Waals surface area contributed by atoms with Gasteiger partial charge in [-0.05, 0) is 18.6 Å². The Morgan fingerprint density at radius 3 is 2.36 bits per heavy atom. The SMILES string of the molecule is Cc1cccc(O)c1C(=O)C(F)(F)F. The minimum Gasteiger partial charge on any atom is -0.507 e. The minimum absolute atomic E-state index is 0.104. The molecular formula is C9H7F3O2. The van der Waals surface area contributed by atoms with Crippen LogP contribution in [0.25, 0.3) is 0 Å². The molecule has 1 aromatic carbocycles. The van der Waals surface area contributed by atoms with Gasteiger partial charge in [0.1, 0.15) is 5.75 Å². The number of hydrogen-bond donors (Lipinski definition) is 1. The van der Waals surface area contributed by atoms with E-state index in [1.165, 1.54) is 19.1 Å². The smallest absolute Gasteiger partial charge is 0.455 e. The first-order valence-electron chi connectivity index (χ1n) is 3.74. The third-order valence-corrected chi connectivity index (χ3v) is 1.74. The van der Waals surface area contributed by atoms with Crippen LogP contribution in [0.5, 0.6) is 5.75 Å². The van der Waals surface area contributed by atoms with E-state index in [2.05, 4.69) is 0 Å². The average Bonchev–Trinajstić information content (AvgIpc) is 2.01. The van der Waals surface area contributed by atoms with Crippen molar-refractivity contribution in [1.82, 2.24) is 0 Å². The molecule has 1 rings (SSSR count). The van der Waals surface area contributed by atoms with Crippen molar-refractivity contribution >= 4 is 5.78 Å². The van der Waals surface area contributed by atoms with Gasteiger partial charge in [-0.1, -0.05) is 12.1 Å². The zero-order chi connectivity index (χ0) is 10.9. The predicted octanol–water partition coefficient (Wildman–Crippen LogP) is 2.45. The molecule has 0 unspecified atom stereocenters. The van der Waals surface area contributed by atoms with E-state index in [1.54, 1.807) is 0 Å². The number of benzene rings is 1. The van der Waals surface area contributed by atoms with E-state index in [4.69, 9.17) is 5.11 Å². The molecule has 0 saturated heterocycles. The van der Waals surface area contributed by atoms with E-state index in [1.807, 2.05) is 0 Å². The van der Waals surface area contributed by atoms with Gasteiger partial charge in [0.25, 0.3) is 5.78 Å². The number of Topliss-reactive ketones (excluding diaryl/α,β-unsaturated/α-hetero) is 1. The number of carbonyl (C=O) groups is 1. The second-order valence-electron chi connectivity index (χ2n) is 2.80. The largest absolute Gasteiger partial charge is 0.507 e. The molecular weight excluding hydrogens is 197 g/mol. The van der Waals surface area contributed by atoms with Crippen LogP contribution in [0.2, 0.25) is 0 Å². The van der Waals surface area contributed by atoms with Crippen molar-refractivity contribution in [1.29, 1.82) is 0 Å². The summed E-state index contributed by atoms with van der Waals surface area (Å²) >= 11 is 0. The summed E-state index contributed by atoms with van der Waals surface area (Å²) in [7, 11) is 0. The van der Waals surface area contributed by atoms with E-state index < -0.39 is 23.3 Å². The van der Waals surface area contributed by atoms with Crippen LogP contribution in [-0.4, -0.2) is 17.1 Å². The molecule has 0 radical (unpaired) electrons. The molecule has 1 N–H and O–H groups in total. The molecule has 2 nitrogen and oxygen atoms in total. The lowest BCUT2D eigenvalue weighted by atomic mass is 10.0. The van der Waals surface area contributed by atoms with E-state index in [9.17, 15) is 18.0 Å². The number of hydrogen-bond acceptors (Lipinski definition) is 2. The Hall–Kier alpha value is -1.52. The lowest BCUT2D eigenvalue weighted by Crippen LogP contribution is -2.23. The first kappa shape index (κ1) is 10.6. The normalized spacial score (nSPS) is 11.4. The molecule has 0 amide bonds. The van der Waals surface area contributed by atoms with Crippen LogP contribution in [0.3, 0.4) is 0 Å². The van der Waals surface area contributed by atoms with Crippen LogP contribution >= 0.6 is 0 Å². The van der Waals surface area contributed by atoms with Crippen molar-refractivity contribution < 1.29 is 23.1 Å². The molecule has 0 aliphatic rings. The predicted molar refractivity (Wildman–Crippen MR) is 43.2 cm³/mol. The molecule has 0 atom stereocenters. The summed E-state index contributed by atoms with van der Waals surface area (Å²) in [6, 6.07) is 3.75. The first-order chi connectivity index (χ1) is 6.34. The second-order valence-corrected chi connectivity index (χ2v) is 2.80. The van der Waals surface area contributed by atoms with Gasteiger partial charge in [0.15, 0.2) is 0 Å². The number of carbonyl (C=O) groups excluding carboxylic acids is 1. The fraction of sp³-hybridized carbons (Fsp3) is 0.222. The summed E-state index contributed by atoms with van der Waals surface area (Å²) < 4.78 is 36.1. The van der Waals surface area contributed by atoms with Gasteiger partial charge in [-0.15, -0.1) is 0 Å². The van der Waals surface area contributed by atoms with Gasteiger partial charge in [-0.3, -0.25) is 4.79 Å². The number of aryl methyl sites for hydroxylation is 1. The summed E-state index contributed by atoms with van der Waals surface area (Å²) in [4.78, 5) is 10.8. The maximum atomic E-state index is 12.0. The van der Waals surface area contributed by atoms with Crippen LogP contribution < -0.4 is 0 Å². The highest BCUT2D eigenvalue weighted by atomic mass is 19.4. The number of aromatic hydroxyl groups is 1. The Bertz CT molecular complexity index is 349. The van der Waals surface area contributed by atoms with Gasteiger partial charge < -0.3 is 5.11 Å². The highest BCUT2D eigenvalue weighted by Gasteiger charge is 2.41. The van der Waals surface area contributed by atoms with Gasteiger partial charge in [-0.25, -0.2) is 0 Å². The number of ketones is 1. The molecule has 76 valence electrons. The molecule has 1 aromatic rings. The molecule has 0 heterocycles. The summed E-state index contributed by atoms with van der Waals surface area (Å²) in [5, 5.41) is 9.10. The Balaban J connectivity index is 3.26. The standard InChI is InChI=1S/C9H7F3O2/c1-5-3-2-4-6(13)7(5)8(14)9(10,11)12/h2-4,13H,1H3. The Morgan fingerprint density at radius 1 is 1.36 bits per heavy atom. The third-order valence-electron chi connectivity index (χ3n) is 1.74. The van der Waals surface area contributed by atoms with Crippen LogP contribution in [0.1, 0.15) is 15.9 Å². The van der Waals surface area contributed by atoms with Crippen LogP contribution in [-0.2, 0) is 0 Å². The van der Waals surface area contributed by atoms with Gasteiger partial charge in [0, 0.05) is 0 Å². The van der Waals surface area contributed by atoms with Crippen molar-refractivity contribution in [2.24, 2.45) is 0 Å². The molecule has 5 heteroatoms. The molecule has 0 aliphatic carbocycles. The summed E-state index contributed by atoms with van der Waals surface area (Å²) in [6.45, 7) is 1.33. The highest BCUT2D eigenvalue weighted by molar-refractivity contribution is 6.03. The molecule has 0 bridgehead atoms. The van der Waals surface area contributed by atoms with E-state index in [-0.39, 0.29) is 5.56 Å². The monoisotopic (exact) mass is 204 g/mol.